The average molecular weight is 443 g/mol. The number of carbonyl (C=O) groups is 2. The zero-order chi connectivity index (χ0) is 22.9. The van der Waals surface area contributed by atoms with Gasteiger partial charge >= 0.3 is 12.0 Å². The molecule has 166 valence electrons. The van der Waals surface area contributed by atoms with Crippen LogP contribution in [0.3, 0.4) is 0 Å². The molecule has 1 aliphatic rings. The molecule has 7 heteroatoms. The molecule has 1 atom stereocenters. The maximum atomic E-state index is 14.9. The molecule has 2 heterocycles. The van der Waals surface area contributed by atoms with Crippen LogP contribution in [0.15, 0.2) is 72.8 Å². The molecule has 0 fully saturated rings. The molecule has 5 rings (SSSR count). The van der Waals surface area contributed by atoms with Crippen molar-refractivity contribution < 1.29 is 18.7 Å². The lowest BCUT2D eigenvalue weighted by Gasteiger charge is -2.36. The molecule has 0 radical (unpaired) electrons. The second kappa shape index (κ2) is 8.43. The number of hydrogen-bond acceptors (Lipinski definition) is 3. The van der Waals surface area contributed by atoms with Crippen LogP contribution in [-0.4, -0.2) is 35.5 Å². The normalized spacial score (nSPS) is 15.2. The summed E-state index contributed by atoms with van der Waals surface area (Å²) in [4.78, 5) is 30.3. The predicted molar refractivity (Wildman–Crippen MR) is 124 cm³/mol. The van der Waals surface area contributed by atoms with Crippen molar-refractivity contribution in [1.29, 1.82) is 0 Å². The Labute approximate surface area is 190 Å². The molecule has 33 heavy (non-hydrogen) atoms. The van der Waals surface area contributed by atoms with E-state index in [4.69, 9.17) is 4.74 Å². The largest absolute Gasteiger partial charge is 0.465 e. The Hall–Kier alpha value is -4.13. The van der Waals surface area contributed by atoms with Gasteiger partial charge in [0, 0.05) is 34.4 Å². The van der Waals surface area contributed by atoms with Crippen molar-refractivity contribution in [3.05, 3.63) is 101 Å². The number of nitrogens with zero attached hydrogens (tertiary/aromatic N) is 1. The Morgan fingerprint density at radius 1 is 1.06 bits per heavy atom. The maximum Gasteiger partial charge on any atom is 0.337 e. The SMILES string of the molecule is COC(=O)c1cccc(NC(=O)N2CCc3c([nH]c4ccccc34)C2c2ccccc2F)c1. The molecule has 1 aromatic heterocycles. The number of aromatic nitrogens is 1. The summed E-state index contributed by atoms with van der Waals surface area (Å²) in [5, 5.41) is 3.94. The van der Waals surface area contributed by atoms with Crippen LogP contribution in [0.4, 0.5) is 14.9 Å². The molecule has 1 aliphatic heterocycles. The van der Waals surface area contributed by atoms with Crippen molar-refractivity contribution in [3.8, 4) is 0 Å². The van der Waals surface area contributed by atoms with Crippen LogP contribution in [0.1, 0.15) is 33.2 Å². The number of halogens is 1. The number of para-hydroxylation sites is 1. The molecule has 0 saturated carbocycles. The average Bonchev–Trinajstić information content (AvgIpc) is 3.22. The number of carbonyl (C=O) groups excluding carboxylic acids is 2. The number of benzene rings is 3. The van der Waals surface area contributed by atoms with Gasteiger partial charge in [-0.15, -0.1) is 0 Å². The van der Waals surface area contributed by atoms with E-state index in [1.165, 1.54) is 13.2 Å². The molecule has 0 saturated heterocycles. The summed E-state index contributed by atoms with van der Waals surface area (Å²) in [5.74, 6) is -0.865. The first-order valence-electron chi connectivity index (χ1n) is 10.7. The number of methoxy groups -OCH3 is 1. The van der Waals surface area contributed by atoms with Gasteiger partial charge in [-0.05, 0) is 42.3 Å². The number of nitrogens with one attached hydrogen (secondary N) is 2. The molecule has 0 spiro atoms. The van der Waals surface area contributed by atoms with Gasteiger partial charge in [0.15, 0.2) is 0 Å². The number of H-pyrrole nitrogens is 1. The molecule has 2 amide bonds. The minimum atomic E-state index is -0.619. The van der Waals surface area contributed by atoms with E-state index in [1.54, 1.807) is 47.4 Å². The first kappa shape index (κ1) is 20.8. The Morgan fingerprint density at radius 2 is 1.85 bits per heavy atom. The fourth-order valence-corrected chi connectivity index (χ4v) is 4.52. The summed E-state index contributed by atoms with van der Waals surface area (Å²) < 4.78 is 19.7. The lowest BCUT2D eigenvalue weighted by Crippen LogP contribution is -2.43. The molecule has 6 nitrogen and oxygen atoms in total. The highest BCUT2D eigenvalue weighted by Gasteiger charge is 2.36. The topological polar surface area (TPSA) is 74.4 Å². The number of fused-ring (bicyclic) bond motifs is 3. The number of rotatable bonds is 3. The highest BCUT2D eigenvalue weighted by molar-refractivity contribution is 5.94. The molecule has 2 N–H and O–H groups in total. The number of hydrogen-bond donors (Lipinski definition) is 2. The molecular formula is C26H22FN3O3. The number of aromatic amines is 1. The van der Waals surface area contributed by atoms with Gasteiger partial charge < -0.3 is 19.9 Å². The number of esters is 1. The monoisotopic (exact) mass is 443 g/mol. The lowest BCUT2D eigenvalue weighted by molar-refractivity contribution is 0.0600. The number of urea groups is 1. The van der Waals surface area contributed by atoms with E-state index in [-0.39, 0.29) is 11.8 Å². The molecule has 0 bridgehead atoms. The minimum Gasteiger partial charge on any atom is -0.465 e. The van der Waals surface area contributed by atoms with E-state index < -0.39 is 12.0 Å². The van der Waals surface area contributed by atoms with Crippen LogP contribution in [-0.2, 0) is 11.2 Å². The van der Waals surface area contributed by atoms with Crippen molar-refractivity contribution in [2.24, 2.45) is 0 Å². The zero-order valence-electron chi connectivity index (χ0n) is 18.0. The molecule has 0 aliphatic carbocycles. The molecule has 3 aromatic carbocycles. The Balaban J connectivity index is 1.54. The maximum absolute atomic E-state index is 14.9. The van der Waals surface area contributed by atoms with Crippen molar-refractivity contribution in [2.75, 3.05) is 19.0 Å². The van der Waals surface area contributed by atoms with E-state index in [0.29, 0.717) is 29.8 Å². The van der Waals surface area contributed by atoms with E-state index in [0.717, 1.165) is 22.2 Å². The highest BCUT2D eigenvalue weighted by Crippen LogP contribution is 2.39. The van der Waals surface area contributed by atoms with Crippen LogP contribution in [0.5, 0.6) is 0 Å². The van der Waals surface area contributed by atoms with Gasteiger partial charge in [0.1, 0.15) is 11.9 Å². The van der Waals surface area contributed by atoms with E-state index in [9.17, 15) is 14.0 Å². The number of anilines is 1. The summed E-state index contributed by atoms with van der Waals surface area (Å²) in [6.07, 6.45) is 0.639. The van der Waals surface area contributed by atoms with Gasteiger partial charge in [-0.2, -0.15) is 0 Å². The van der Waals surface area contributed by atoms with Crippen LogP contribution < -0.4 is 5.32 Å². The van der Waals surface area contributed by atoms with E-state index >= 15 is 0 Å². The number of amides is 2. The molecular weight excluding hydrogens is 421 g/mol. The standard InChI is InChI=1S/C26H22FN3O3/c1-33-25(31)16-7-6-8-17(15-16)28-26(32)30-14-13-19-18-9-3-5-12-22(18)29-23(19)24(30)20-10-2-4-11-21(20)27/h2-12,15,24,29H,13-14H2,1H3,(H,28,32). The number of ether oxygens (including phenoxy) is 1. The highest BCUT2D eigenvalue weighted by atomic mass is 19.1. The second-order valence-corrected chi connectivity index (χ2v) is 7.93. The van der Waals surface area contributed by atoms with Crippen LogP contribution in [0.25, 0.3) is 10.9 Å². The van der Waals surface area contributed by atoms with Gasteiger partial charge in [0.25, 0.3) is 0 Å². The van der Waals surface area contributed by atoms with E-state index in [2.05, 4.69) is 10.3 Å². The summed E-state index contributed by atoms with van der Waals surface area (Å²) >= 11 is 0. The zero-order valence-corrected chi connectivity index (χ0v) is 18.0. The van der Waals surface area contributed by atoms with Crippen molar-refractivity contribution in [1.82, 2.24) is 9.88 Å². The Bertz CT molecular complexity index is 1360. The first-order valence-corrected chi connectivity index (χ1v) is 10.7. The summed E-state index contributed by atoms with van der Waals surface area (Å²) in [6.45, 7) is 0.413. The third kappa shape index (κ3) is 3.71. The van der Waals surface area contributed by atoms with Crippen LogP contribution in [0, 0.1) is 5.82 Å². The van der Waals surface area contributed by atoms with Gasteiger partial charge in [0.2, 0.25) is 0 Å². The minimum absolute atomic E-state index is 0.331. The summed E-state index contributed by atoms with van der Waals surface area (Å²) in [7, 11) is 1.30. The third-order valence-corrected chi connectivity index (χ3v) is 6.03. The van der Waals surface area contributed by atoms with Gasteiger partial charge in [-0.25, -0.2) is 14.0 Å². The summed E-state index contributed by atoms with van der Waals surface area (Å²) in [6, 6.07) is 20.0. The van der Waals surface area contributed by atoms with Gasteiger partial charge in [-0.3, -0.25) is 0 Å². The van der Waals surface area contributed by atoms with Crippen molar-refractivity contribution >= 4 is 28.6 Å². The van der Waals surface area contributed by atoms with Crippen LogP contribution in [0.2, 0.25) is 0 Å². The van der Waals surface area contributed by atoms with Crippen molar-refractivity contribution in [2.45, 2.75) is 12.5 Å². The second-order valence-electron chi connectivity index (χ2n) is 7.93. The molecule has 4 aromatic rings. The fourth-order valence-electron chi connectivity index (χ4n) is 4.52. The quantitative estimate of drug-likeness (QED) is 0.424. The predicted octanol–water partition coefficient (Wildman–Crippen LogP) is 5.27. The lowest BCUT2D eigenvalue weighted by atomic mass is 9.92. The van der Waals surface area contributed by atoms with Gasteiger partial charge in [-0.1, -0.05) is 42.5 Å². The summed E-state index contributed by atoms with van der Waals surface area (Å²) in [5.41, 5.74) is 4.07. The third-order valence-electron chi connectivity index (χ3n) is 6.03. The molecule has 1 unspecified atom stereocenters. The smallest absolute Gasteiger partial charge is 0.337 e. The van der Waals surface area contributed by atoms with Crippen molar-refractivity contribution in [3.63, 3.8) is 0 Å². The van der Waals surface area contributed by atoms with Gasteiger partial charge in [0.05, 0.1) is 12.7 Å². The van der Waals surface area contributed by atoms with E-state index in [1.807, 2.05) is 24.3 Å². The fraction of sp³-hybridized carbons (Fsp3) is 0.154. The first-order chi connectivity index (χ1) is 16.1. The van der Waals surface area contributed by atoms with Crippen LogP contribution >= 0.6 is 0 Å². The Morgan fingerprint density at radius 3 is 2.67 bits per heavy atom. The Kier molecular flexibility index (Phi) is 5.30.